The van der Waals surface area contributed by atoms with Crippen LogP contribution in [0.2, 0.25) is 0 Å². The molecule has 2 aromatic carbocycles. The van der Waals surface area contributed by atoms with Gasteiger partial charge in [0.05, 0.1) is 23.1 Å². The molecular formula is C25H22N2. The predicted octanol–water partition coefficient (Wildman–Crippen LogP) is 6.87. The van der Waals surface area contributed by atoms with Crippen molar-refractivity contribution in [2.24, 2.45) is 4.99 Å². The Labute approximate surface area is 160 Å². The van der Waals surface area contributed by atoms with E-state index in [1.165, 1.54) is 22.1 Å². The van der Waals surface area contributed by atoms with Gasteiger partial charge in [-0.2, -0.15) is 0 Å². The first-order valence-electron chi connectivity index (χ1n) is 9.15. The van der Waals surface area contributed by atoms with Crippen LogP contribution in [0.15, 0.2) is 84.4 Å². The van der Waals surface area contributed by atoms with Crippen LogP contribution in [0.1, 0.15) is 30.7 Å². The fraction of sp³-hybridized carbons (Fsp3) is 0.0800. The van der Waals surface area contributed by atoms with Gasteiger partial charge in [-0.05, 0) is 49.8 Å². The number of nitrogens with zero attached hydrogens (tertiary/aromatic N) is 2. The lowest BCUT2D eigenvalue weighted by atomic mass is 10.00. The van der Waals surface area contributed by atoms with Gasteiger partial charge in [0.1, 0.15) is 0 Å². The van der Waals surface area contributed by atoms with Crippen LogP contribution in [0.3, 0.4) is 0 Å². The largest absolute Gasteiger partial charge is 0.308 e. The number of hydrogen-bond acceptors (Lipinski definition) is 1. The molecule has 0 amide bonds. The highest BCUT2D eigenvalue weighted by molar-refractivity contribution is 6.06. The van der Waals surface area contributed by atoms with Crippen molar-refractivity contribution in [1.82, 2.24) is 4.57 Å². The second-order valence-electron chi connectivity index (χ2n) is 6.58. The van der Waals surface area contributed by atoms with Gasteiger partial charge >= 0.3 is 0 Å². The van der Waals surface area contributed by atoms with E-state index < -0.39 is 0 Å². The number of fused-ring (bicyclic) bond motifs is 4. The molecule has 0 N–H and O–H groups in total. The molecule has 4 rings (SSSR count). The van der Waals surface area contributed by atoms with E-state index in [9.17, 15) is 0 Å². The molecule has 0 fully saturated rings. The number of aromatic nitrogens is 1. The summed E-state index contributed by atoms with van der Waals surface area (Å²) < 4.78 is 2.26. The lowest BCUT2D eigenvalue weighted by Gasteiger charge is -2.12. The van der Waals surface area contributed by atoms with E-state index in [-0.39, 0.29) is 0 Å². The van der Waals surface area contributed by atoms with Gasteiger partial charge in [-0.15, -0.1) is 0 Å². The van der Waals surface area contributed by atoms with Crippen LogP contribution in [0.25, 0.3) is 28.2 Å². The van der Waals surface area contributed by atoms with E-state index in [1.54, 1.807) is 0 Å². The van der Waals surface area contributed by atoms with Gasteiger partial charge in [0.2, 0.25) is 0 Å². The van der Waals surface area contributed by atoms with Gasteiger partial charge in [0.15, 0.2) is 0 Å². The summed E-state index contributed by atoms with van der Waals surface area (Å²) >= 11 is 0. The Kier molecular flexibility index (Phi) is 4.47. The van der Waals surface area contributed by atoms with Crippen LogP contribution in [0, 0.1) is 0 Å². The van der Waals surface area contributed by atoms with Crippen molar-refractivity contribution < 1.29 is 0 Å². The van der Waals surface area contributed by atoms with Crippen LogP contribution in [0.4, 0.5) is 5.69 Å². The summed E-state index contributed by atoms with van der Waals surface area (Å²) in [4.78, 5) is 4.83. The number of para-hydroxylation sites is 2. The first-order valence-corrected chi connectivity index (χ1v) is 9.15. The molecule has 1 aliphatic rings. The monoisotopic (exact) mass is 350 g/mol. The molecule has 0 radical (unpaired) electrons. The van der Waals surface area contributed by atoms with Gasteiger partial charge in [-0.25, -0.2) is 0 Å². The van der Waals surface area contributed by atoms with Crippen molar-refractivity contribution in [2.75, 3.05) is 0 Å². The Bertz CT molecular complexity index is 1150. The third-order valence-electron chi connectivity index (χ3n) is 4.85. The van der Waals surface area contributed by atoms with Gasteiger partial charge in [0.25, 0.3) is 0 Å². The summed E-state index contributed by atoms with van der Waals surface area (Å²) in [5.41, 5.74) is 7.89. The quantitative estimate of drug-likeness (QED) is 0.459. The Morgan fingerprint density at radius 1 is 1.07 bits per heavy atom. The smallest absolute Gasteiger partial charge is 0.0724 e. The van der Waals surface area contributed by atoms with E-state index in [0.717, 1.165) is 22.6 Å². The molecule has 0 saturated carbocycles. The van der Waals surface area contributed by atoms with E-state index in [0.29, 0.717) is 0 Å². The average Bonchev–Trinajstić information content (AvgIpc) is 2.98. The predicted molar refractivity (Wildman–Crippen MR) is 118 cm³/mol. The number of rotatable bonds is 3. The molecule has 27 heavy (non-hydrogen) atoms. The summed E-state index contributed by atoms with van der Waals surface area (Å²) in [5.74, 6) is 0. The summed E-state index contributed by atoms with van der Waals surface area (Å²) in [7, 11) is 0. The third kappa shape index (κ3) is 2.89. The molecule has 0 unspecified atom stereocenters. The first-order chi connectivity index (χ1) is 13.2. The minimum Gasteiger partial charge on any atom is -0.308 e. The Balaban J connectivity index is 2.10. The first kappa shape index (κ1) is 17.0. The molecule has 2 heteroatoms. The fourth-order valence-electron chi connectivity index (χ4n) is 3.68. The minimum absolute atomic E-state index is 0.994. The minimum atomic E-state index is 0.994. The molecule has 0 aliphatic carbocycles. The topological polar surface area (TPSA) is 17.3 Å². The number of hydrogen-bond donors (Lipinski definition) is 0. The van der Waals surface area contributed by atoms with Gasteiger partial charge < -0.3 is 4.57 Å². The molecule has 3 aromatic rings. The molecule has 0 atom stereocenters. The Hall–Kier alpha value is -3.39. The number of benzene rings is 2. The maximum absolute atomic E-state index is 4.83. The van der Waals surface area contributed by atoms with Gasteiger partial charge in [0, 0.05) is 22.2 Å². The van der Waals surface area contributed by atoms with Crippen molar-refractivity contribution in [3.63, 3.8) is 0 Å². The summed E-state index contributed by atoms with van der Waals surface area (Å²) in [6, 6.07) is 16.8. The van der Waals surface area contributed by atoms with E-state index >= 15 is 0 Å². The second-order valence-corrected chi connectivity index (χ2v) is 6.58. The third-order valence-corrected chi connectivity index (χ3v) is 4.85. The highest BCUT2D eigenvalue weighted by atomic mass is 15.0. The van der Waals surface area contributed by atoms with Crippen LogP contribution in [-0.2, 0) is 0 Å². The molecule has 2 nitrogen and oxygen atoms in total. The molecular weight excluding hydrogens is 328 g/mol. The maximum Gasteiger partial charge on any atom is 0.0724 e. The maximum atomic E-state index is 4.83. The zero-order valence-corrected chi connectivity index (χ0v) is 15.7. The van der Waals surface area contributed by atoms with Crippen LogP contribution >= 0.6 is 0 Å². The van der Waals surface area contributed by atoms with Gasteiger partial charge in [-0.1, -0.05) is 55.1 Å². The molecule has 2 heterocycles. The molecule has 1 aliphatic heterocycles. The van der Waals surface area contributed by atoms with Crippen LogP contribution < -0.4 is 0 Å². The standard InChI is InChI=1S/C25H22N2/c1-4-10-19(11-5-2)27-24-15-9-7-13-21(24)22-16-18(3)20-12-6-8-14-23(20)26-17-25(22)27/h4-17H,1H2,2-3H3/b11-5-,18-16+,19-10+,20-18?,22-16?,25-17?,26-17?,26-23?. The molecule has 0 bridgehead atoms. The van der Waals surface area contributed by atoms with Crippen LogP contribution in [-0.4, -0.2) is 10.8 Å². The lowest BCUT2D eigenvalue weighted by Crippen LogP contribution is -2.02. The number of aliphatic imine (C=N–C) groups is 1. The van der Waals surface area contributed by atoms with E-state index in [4.69, 9.17) is 4.99 Å². The normalized spacial score (nSPS) is 15.8. The highest BCUT2D eigenvalue weighted by Gasteiger charge is 2.18. The summed E-state index contributed by atoms with van der Waals surface area (Å²) in [6.07, 6.45) is 12.3. The molecule has 1 aromatic heterocycles. The van der Waals surface area contributed by atoms with Crippen molar-refractivity contribution in [2.45, 2.75) is 13.8 Å². The van der Waals surface area contributed by atoms with Crippen LogP contribution in [0.5, 0.6) is 0 Å². The molecule has 0 saturated heterocycles. The van der Waals surface area contributed by atoms with Crippen molar-refractivity contribution >= 4 is 40.2 Å². The van der Waals surface area contributed by atoms with Gasteiger partial charge in [-0.3, -0.25) is 4.99 Å². The van der Waals surface area contributed by atoms with Crippen molar-refractivity contribution in [3.05, 3.63) is 96.2 Å². The second kappa shape index (κ2) is 7.08. The molecule has 132 valence electrons. The summed E-state index contributed by atoms with van der Waals surface area (Å²) in [5, 5.41) is 1.22. The Morgan fingerprint density at radius 2 is 1.85 bits per heavy atom. The zero-order chi connectivity index (χ0) is 18.8. The SMILES string of the molecule is C=C/C=C(\C=C/C)n1c2c(c3ccccc31)/C=C(\C)c1ccccc1N=C2. The number of allylic oxidation sites excluding steroid dienone is 6. The molecule has 0 spiro atoms. The van der Waals surface area contributed by atoms with E-state index in [1.807, 2.05) is 37.4 Å². The average molecular weight is 350 g/mol. The van der Waals surface area contributed by atoms with Crippen molar-refractivity contribution in [1.29, 1.82) is 0 Å². The zero-order valence-electron chi connectivity index (χ0n) is 15.7. The highest BCUT2D eigenvalue weighted by Crippen LogP contribution is 2.36. The lowest BCUT2D eigenvalue weighted by molar-refractivity contribution is 1.16. The Morgan fingerprint density at radius 3 is 2.67 bits per heavy atom. The van der Waals surface area contributed by atoms with Crippen molar-refractivity contribution in [3.8, 4) is 0 Å². The summed E-state index contributed by atoms with van der Waals surface area (Å²) in [6.45, 7) is 8.07. The fourth-order valence-corrected chi connectivity index (χ4v) is 3.68. The van der Waals surface area contributed by atoms with E-state index in [2.05, 4.69) is 72.7 Å².